The van der Waals surface area contributed by atoms with E-state index in [0.717, 1.165) is 23.1 Å². The lowest BCUT2D eigenvalue weighted by molar-refractivity contribution is -0.0987. The molecule has 0 saturated heterocycles. The Hall–Kier alpha value is -3.28. The van der Waals surface area contributed by atoms with E-state index in [-0.39, 0.29) is 17.8 Å². The van der Waals surface area contributed by atoms with E-state index in [1.807, 2.05) is 63.5 Å². The first-order valence-electron chi connectivity index (χ1n) is 9.95. The van der Waals surface area contributed by atoms with Crippen LogP contribution in [0.3, 0.4) is 0 Å². The highest BCUT2D eigenvalue weighted by Crippen LogP contribution is 2.28. The van der Waals surface area contributed by atoms with Crippen molar-refractivity contribution < 1.29 is 23.5 Å². The van der Waals surface area contributed by atoms with Crippen LogP contribution >= 0.6 is 0 Å². The number of hydrogen-bond acceptors (Lipinski definition) is 4. The van der Waals surface area contributed by atoms with E-state index in [1.165, 1.54) is 6.07 Å². The average Bonchev–Trinajstić information content (AvgIpc) is 2.79. The molecule has 2 aromatic rings. The van der Waals surface area contributed by atoms with Gasteiger partial charge in [0.1, 0.15) is 25.1 Å². The Labute approximate surface area is 183 Å². The van der Waals surface area contributed by atoms with Crippen molar-refractivity contribution in [3.05, 3.63) is 70.5 Å². The first kappa shape index (κ1) is 25.8. The first-order valence-corrected chi connectivity index (χ1v) is 9.95. The minimum atomic E-state index is -0.219. The molecule has 0 radical (unpaired) electrons. The van der Waals surface area contributed by atoms with Gasteiger partial charge in [-0.1, -0.05) is 29.8 Å². The number of hydrogen-bond donors (Lipinski definition) is 0. The molecule has 0 aromatic heterocycles. The predicted octanol–water partition coefficient (Wildman–Crippen LogP) is 4.79. The summed E-state index contributed by atoms with van der Waals surface area (Å²) in [5, 5.41) is 0. The summed E-state index contributed by atoms with van der Waals surface area (Å²) >= 11 is 0. The number of aryl methyl sites for hydroxylation is 1. The minimum Gasteiger partial charge on any atom is -0.490 e. The van der Waals surface area contributed by atoms with Gasteiger partial charge in [-0.05, 0) is 69.0 Å². The van der Waals surface area contributed by atoms with Crippen LogP contribution in [0, 0.1) is 19.7 Å². The smallest absolute Gasteiger partial charge is 0.257 e. The Morgan fingerprint density at radius 3 is 2.42 bits per heavy atom. The maximum atomic E-state index is 13.9. The second-order valence-electron chi connectivity index (χ2n) is 7.32. The van der Waals surface area contributed by atoms with Crippen LogP contribution < -0.4 is 4.74 Å². The summed E-state index contributed by atoms with van der Waals surface area (Å²) in [6.07, 6.45) is 2.85. The van der Waals surface area contributed by atoms with Crippen LogP contribution in [0.25, 0.3) is 5.57 Å². The van der Waals surface area contributed by atoms with Crippen molar-refractivity contribution in [2.45, 2.75) is 40.2 Å². The van der Waals surface area contributed by atoms with Gasteiger partial charge in [0, 0.05) is 13.1 Å². The number of amides is 1. The van der Waals surface area contributed by atoms with Gasteiger partial charge in [-0.3, -0.25) is 4.79 Å². The van der Waals surface area contributed by atoms with Crippen molar-refractivity contribution in [1.82, 2.24) is 4.90 Å². The van der Waals surface area contributed by atoms with Crippen molar-refractivity contribution in [2.75, 3.05) is 13.1 Å². The maximum absolute atomic E-state index is 13.9. The molecule has 0 unspecified atom stereocenters. The van der Waals surface area contributed by atoms with Crippen molar-refractivity contribution >= 4 is 25.1 Å². The van der Waals surface area contributed by atoms with E-state index in [9.17, 15) is 9.18 Å². The summed E-state index contributed by atoms with van der Waals surface area (Å²) in [5.41, 5.74) is 4.09. The Kier molecular flexibility index (Phi) is 10.3. The van der Waals surface area contributed by atoms with Crippen molar-refractivity contribution in [1.29, 1.82) is 0 Å². The average molecular weight is 428 g/mol. The molecule has 1 aliphatic heterocycles. The van der Waals surface area contributed by atoms with Crippen LogP contribution in [-0.2, 0) is 9.59 Å². The molecule has 2 aromatic carbocycles. The second kappa shape index (κ2) is 12.4. The van der Waals surface area contributed by atoms with E-state index in [4.69, 9.17) is 14.3 Å². The third-order valence-corrected chi connectivity index (χ3v) is 4.78. The zero-order chi connectivity index (χ0) is 23.6. The molecular weight excluding hydrogens is 397 g/mol. The van der Waals surface area contributed by atoms with E-state index in [0.29, 0.717) is 30.0 Å². The molecule has 0 saturated carbocycles. The topological polar surface area (TPSA) is 63.7 Å². The van der Waals surface area contributed by atoms with E-state index >= 15 is 0 Å². The van der Waals surface area contributed by atoms with Crippen molar-refractivity contribution in [3.63, 3.8) is 0 Å². The molecule has 5 nitrogen and oxygen atoms in total. The number of carbonyl (C=O) groups excluding carboxylic acids is 3. The SMILES string of the molecule is C=O.C=O.Cc1ccc(OC(C)C)c(C(=O)N2CCC=C(c3cccc(F)c3C)C2)c1. The first-order chi connectivity index (χ1) is 14.9. The summed E-state index contributed by atoms with van der Waals surface area (Å²) in [7, 11) is 0. The lowest BCUT2D eigenvalue weighted by atomic mass is 9.96. The molecule has 0 atom stereocenters. The molecule has 1 heterocycles. The molecule has 0 fully saturated rings. The second-order valence-corrected chi connectivity index (χ2v) is 7.32. The zero-order valence-corrected chi connectivity index (χ0v) is 18.6. The fourth-order valence-corrected chi connectivity index (χ4v) is 3.41. The van der Waals surface area contributed by atoms with Crippen molar-refractivity contribution in [2.24, 2.45) is 0 Å². The number of benzene rings is 2. The third kappa shape index (κ3) is 6.60. The summed E-state index contributed by atoms with van der Waals surface area (Å²) in [4.78, 5) is 31.0. The minimum absolute atomic E-state index is 0.00832. The zero-order valence-electron chi connectivity index (χ0n) is 18.6. The summed E-state index contributed by atoms with van der Waals surface area (Å²) in [5.74, 6) is 0.343. The number of carbonyl (C=O) groups is 3. The van der Waals surface area contributed by atoms with Gasteiger partial charge in [0.2, 0.25) is 0 Å². The van der Waals surface area contributed by atoms with Gasteiger partial charge >= 0.3 is 0 Å². The van der Waals surface area contributed by atoms with Gasteiger partial charge in [-0.25, -0.2) is 4.39 Å². The van der Waals surface area contributed by atoms with Gasteiger partial charge in [0.15, 0.2) is 0 Å². The van der Waals surface area contributed by atoms with Gasteiger partial charge < -0.3 is 19.2 Å². The number of halogens is 1. The Morgan fingerprint density at radius 2 is 1.77 bits per heavy atom. The predicted molar refractivity (Wildman–Crippen MR) is 121 cm³/mol. The van der Waals surface area contributed by atoms with Crippen LogP contribution in [0.4, 0.5) is 4.39 Å². The quantitative estimate of drug-likeness (QED) is 0.704. The standard InChI is InChI=1S/C23H26FNO2.2CH2O/c1-15(2)27-22-11-10-16(3)13-20(22)23(26)25-12-6-7-18(14-25)19-8-5-9-21(24)17(19)4;2*1-2/h5,7-11,13,15H,6,12,14H2,1-4H3;2*1H2. The number of rotatable bonds is 4. The Bertz CT molecular complexity index is 922. The molecular formula is C25H30FNO4. The molecule has 166 valence electrons. The number of nitrogens with zero attached hydrogens (tertiary/aromatic N) is 1. The molecule has 0 spiro atoms. The highest BCUT2D eigenvalue weighted by Gasteiger charge is 2.24. The van der Waals surface area contributed by atoms with Crippen molar-refractivity contribution in [3.8, 4) is 5.75 Å². The number of ether oxygens (including phenoxy) is 1. The molecule has 0 bridgehead atoms. The molecule has 0 aliphatic carbocycles. The monoisotopic (exact) mass is 427 g/mol. The highest BCUT2D eigenvalue weighted by atomic mass is 19.1. The molecule has 31 heavy (non-hydrogen) atoms. The van der Waals surface area contributed by atoms with Gasteiger partial charge in [-0.15, -0.1) is 0 Å². The lowest BCUT2D eigenvalue weighted by Gasteiger charge is -2.29. The van der Waals surface area contributed by atoms with Crippen LogP contribution in [0.5, 0.6) is 5.75 Å². The third-order valence-electron chi connectivity index (χ3n) is 4.78. The van der Waals surface area contributed by atoms with Crippen LogP contribution in [0.2, 0.25) is 0 Å². The Balaban J connectivity index is 0.00000113. The molecule has 3 rings (SSSR count). The summed E-state index contributed by atoms with van der Waals surface area (Å²) in [6, 6.07) is 10.8. The largest absolute Gasteiger partial charge is 0.490 e. The van der Waals surface area contributed by atoms with Crippen LogP contribution in [0.1, 0.15) is 47.3 Å². The normalized spacial score (nSPS) is 12.7. The highest BCUT2D eigenvalue weighted by molar-refractivity contribution is 5.98. The molecule has 1 aliphatic rings. The lowest BCUT2D eigenvalue weighted by Crippen LogP contribution is -2.36. The van der Waals surface area contributed by atoms with E-state index < -0.39 is 0 Å². The van der Waals surface area contributed by atoms with Gasteiger partial charge in [0.05, 0.1) is 11.7 Å². The van der Waals surface area contributed by atoms with E-state index in [1.54, 1.807) is 13.0 Å². The van der Waals surface area contributed by atoms with Crippen LogP contribution in [0.15, 0.2) is 42.5 Å². The van der Waals surface area contributed by atoms with Crippen LogP contribution in [-0.4, -0.2) is 43.6 Å². The van der Waals surface area contributed by atoms with Gasteiger partial charge in [-0.2, -0.15) is 0 Å². The summed E-state index contributed by atoms with van der Waals surface area (Å²) in [6.45, 7) is 12.8. The molecule has 6 heteroatoms. The molecule has 0 N–H and O–H groups in total. The Morgan fingerprint density at radius 1 is 1.10 bits per heavy atom. The molecule has 1 amide bonds. The van der Waals surface area contributed by atoms with E-state index in [2.05, 4.69) is 6.08 Å². The fourth-order valence-electron chi connectivity index (χ4n) is 3.41. The summed E-state index contributed by atoms with van der Waals surface area (Å²) < 4.78 is 19.8. The maximum Gasteiger partial charge on any atom is 0.257 e. The van der Waals surface area contributed by atoms with Gasteiger partial charge in [0.25, 0.3) is 5.91 Å². The fraction of sp³-hybridized carbons (Fsp3) is 0.320.